The predicted molar refractivity (Wildman–Crippen MR) is 104 cm³/mol. The lowest BCUT2D eigenvalue weighted by Gasteiger charge is -2.20. The van der Waals surface area contributed by atoms with Crippen LogP contribution in [0.15, 0.2) is 23.4 Å². The van der Waals surface area contributed by atoms with Crippen LogP contribution in [0.25, 0.3) is 0 Å². The summed E-state index contributed by atoms with van der Waals surface area (Å²) in [7, 11) is 3.53. The van der Waals surface area contributed by atoms with Crippen molar-refractivity contribution in [1.29, 1.82) is 0 Å². The highest BCUT2D eigenvalue weighted by Crippen LogP contribution is 2.33. The summed E-state index contributed by atoms with van der Waals surface area (Å²) in [6.45, 7) is 0. The van der Waals surface area contributed by atoms with Gasteiger partial charge >= 0.3 is 0 Å². The summed E-state index contributed by atoms with van der Waals surface area (Å²) in [4.78, 5) is 12.3. The Morgan fingerprint density at radius 3 is 2.85 bits per heavy atom. The van der Waals surface area contributed by atoms with Crippen molar-refractivity contribution in [1.82, 2.24) is 14.8 Å². The Labute approximate surface area is 162 Å². The summed E-state index contributed by atoms with van der Waals surface area (Å²) in [5.74, 6) is 2.19. The second-order valence-electron chi connectivity index (χ2n) is 6.42. The number of methoxy groups -OCH3 is 1. The van der Waals surface area contributed by atoms with E-state index in [1.54, 1.807) is 25.3 Å². The van der Waals surface area contributed by atoms with E-state index < -0.39 is 0 Å². The molecule has 0 aliphatic heterocycles. The van der Waals surface area contributed by atoms with Gasteiger partial charge in [0.05, 0.1) is 18.6 Å². The van der Waals surface area contributed by atoms with E-state index >= 15 is 0 Å². The van der Waals surface area contributed by atoms with Gasteiger partial charge in [0, 0.05) is 18.0 Å². The normalized spacial score (nSPS) is 15.0. The van der Waals surface area contributed by atoms with Gasteiger partial charge in [-0.05, 0) is 31.0 Å². The molecule has 1 aromatic heterocycles. The largest absolute Gasteiger partial charge is 0.495 e. The number of anilines is 1. The Hall–Kier alpha value is -1.73. The summed E-state index contributed by atoms with van der Waals surface area (Å²) in [6.07, 6.45) is 6.16. The Morgan fingerprint density at radius 1 is 1.35 bits per heavy atom. The Morgan fingerprint density at radius 2 is 2.12 bits per heavy atom. The topological polar surface area (TPSA) is 69.0 Å². The first kappa shape index (κ1) is 19.0. The average molecular weight is 395 g/mol. The Kier molecular flexibility index (Phi) is 6.43. The molecule has 6 nitrogen and oxygen atoms in total. The number of benzene rings is 1. The monoisotopic (exact) mass is 394 g/mol. The van der Waals surface area contributed by atoms with Crippen molar-refractivity contribution in [2.45, 2.75) is 43.2 Å². The second kappa shape index (κ2) is 8.77. The van der Waals surface area contributed by atoms with Crippen molar-refractivity contribution in [3.05, 3.63) is 29.0 Å². The van der Waals surface area contributed by atoms with E-state index in [1.165, 1.54) is 43.9 Å². The summed E-state index contributed by atoms with van der Waals surface area (Å²) >= 11 is 7.37. The van der Waals surface area contributed by atoms with Gasteiger partial charge in [-0.25, -0.2) is 0 Å². The summed E-state index contributed by atoms with van der Waals surface area (Å²) < 4.78 is 7.27. The molecule has 1 amide bonds. The fraction of sp³-hybridized carbons (Fsp3) is 0.500. The van der Waals surface area contributed by atoms with E-state index in [9.17, 15) is 4.79 Å². The van der Waals surface area contributed by atoms with E-state index in [0.717, 1.165) is 11.0 Å². The van der Waals surface area contributed by atoms with Gasteiger partial charge in [-0.3, -0.25) is 4.79 Å². The van der Waals surface area contributed by atoms with Crippen LogP contribution >= 0.6 is 23.4 Å². The summed E-state index contributed by atoms with van der Waals surface area (Å²) in [5, 5.41) is 12.8. The third-order valence-electron chi connectivity index (χ3n) is 4.61. The van der Waals surface area contributed by atoms with Crippen molar-refractivity contribution >= 4 is 35.0 Å². The molecule has 0 spiro atoms. The Balaban J connectivity index is 1.60. The average Bonchev–Trinajstić information content (AvgIpc) is 3.01. The zero-order valence-corrected chi connectivity index (χ0v) is 16.6. The highest BCUT2D eigenvalue weighted by atomic mass is 35.5. The molecule has 1 aliphatic carbocycles. The zero-order valence-electron chi connectivity index (χ0n) is 15.0. The van der Waals surface area contributed by atoms with E-state index in [2.05, 4.69) is 15.5 Å². The number of aromatic nitrogens is 3. The van der Waals surface area contributed by atoms with Crippen molar-refractivity contribution < 1.29 is 9.53 Å². The van der Waals surface area contributed by atoms with Gasteiger partial charge in [0.2, 0.25) is 5.91 Å². The van der Waals surface area contributed by atoms with E-state index in [1.807, 2.05) is 11.6 Å². The van der Waals surface area contributed by atoms with Crippen LogP contribution in [-0.4, -0.2) is 33.5 Å². The van der Waals surface area contributed by atoms with Crippen LogP contribution in [0.1, 0.15) is 43.8 Å². The molecule has 1 N–H and O–H groups in total. The van der Waals surface area contributed by atoms with Crippen LogP contribution in [0.2, 0.25) is 5.02 Å². The van der Waals surface area contributed by atoms with Crippen molar-refractivity contribution in [3.63, 3.8) is 0 Å². The smallest absolute Gasteiger partial charge is 0.234 e. The molecule has 2 aromatic rings. The number of rotatable bonds is 6. The van der Waals surface area contributed by atoms with Gasteiger partial charge in [0.1, 0.15) is 11.6 Å². The number of ether oxygens (including phenoxy) is 1. The SMILES string of the molecule is COc1ccc(Cl)cc1NC(=O)CSc1nnc(C2CCCCC2)n1C. The van der Waals surface area contributed by atoms with E-state index in [0.29, 0.717) is 22.4 Å². The van der Waals surface area contributed by atoms with Crippen LogP contribution < -0.4 is 10.1 Å². The molecule has 1 aromatic carbocycles. The number of amides is 1. The molecule has 0 atom stereocenters. The van der Waals surface area contributed by atoms with E-state index in [4.69, 9.17) is 16.3 Å². The fourth-order valence-electron chi connectivity index (χ4n) is 3.26. The Bertz CT molecular complexity index is 775. The van der Waals surface area contributed by atoms with Gasteiger partial charge < -0.3 is 14.6 Å². The molecule has 8 heteroatoms. The minimum absolute atomic E-state index is 0.141. The number of carbonyl (C=O) groups is 1. The molecule has 140 valence electrons. The highest BCUT2D eigenvalue weighted by Gasteiger charge is 2.22. The first-order valence-electron chi connectivity index (χ1n) is 8.74. The molecule has 1 aliphatic rings. The van der Waals surface area contributed by atoms with Gasteiger partial charge in [0.25, 0.3) is 0 Å². The van der Waals surface area contributed by atoms with Crippen LogP contribution in [0.5, 0.6) is 5.75 Å². The zero-order chi connectivity index (χ0) is 18.5. The highest BCUT2D eigenvalue weighted by molar-refractivity contribution is 7.99. The third-order valence-corrected chi connectivity index (χ3v) is 5.86. The maximum Gasteiger partial charge on any atom is 0.234 e. The molecule has 0 radical (unpaired) electrons. The van der Waals surface area contributed by atoms with Gasteiger partial charge in [-0.2, -0.15) is 0 Å². The molecular formula is C18H23ClN4O2S. The van der Waals surface area contributed by atoms with Crippen molar-refractivity contribution in [3.8, 4) is 5.75 Å². The van der Waals surface area contributed by atoms with Crippen molar-refractivity contribution in [2.75, 3.05) is 18.2 Å². The molecular weight excluding hydrogens is 372 g/mol. The van der Waals surface area contributed by atoms with Crippen molar-refractivity contribution in [2.24, 2.45) is 7.05 Å². The summed E-state index contributed by atoms with van der Waals surface area (Å²) in [6, 6.07) is 5.12. The third kappa shape index (κ3) is 4.51. The van der Waals surface area contributed by atoms with Crippen LogP contribution in [0, 0.1) is 0 Å². The molecule has 3 rings (SSSR count). The van der Waals surface area contributed by atoms with Crippen LogP contribution in [-0.2, 0) is 11.8 Å². The van der Waals surface area contributed by atoms with Gasteiger partial charge in [-0.1, -0.05) is 42.6 Å². The predicted octanol–water partition coefficient (Wildman–Crippen LogP) is 4.26. The second-order valence-corrected chi connectivity index (χ2v) is 7.80. The number of hydrogen-bond acceptors (Lipinski definition) is 5. The maximum absolute atomic E-state index is 12.3. The maximum atomic E-state index is 12.3. The molecule has 1 saturated carbocycles. The first-order valence-corrected chi connectivity index (χ1v) is 10.1. The fourth-order valence-corrected chi connectivity index (χ4v) is 4.15. The van der Waals surface area contributed by atoms with Gasteiger partial charge in [0.15, 0.2) is 5.16 Å². The molecule has 0 saturated heterocycles. The molecule has 1 fully saturated rings. The number of halogens is 1. The summed E-state index contributed by atoms with van der Waals surface area (Å²) in [5.41, 5.74) is 0.562. The van der Waals surface area contributed by atoms with Crippen LogP contribution in [0.3, 0.4) is 0 Å². The quantitative estimate of drug-likeness (QED) is 0.741. The number of thioether (sulfide) groups is 1. The standard InChI is InChI=1S/C18H23ClN4O2S/c1-23-17(12-6-4-3-5-7-12)21-22-18(23)26-11-16(24)20-14-10-13(19)8-9-15(14)25-2/h8-10,12H,3-7,11H2,1-2H3,(H,20,24). The lowest BCUT2D eigenvalue weighted by Crippen LogP contribution is -2.15. The minimum atomic E-state index is -0.141. The lowest BCUT2D eigenvalue weighted by atomic mass is 9.89. The molecule has 1 heterocycles. The molecule has 0 unspecified atom stereocenters. The molecule has 26 heavy (non-hydrogen) atoms. The van der Waals surface area contributed by atoms with Crippen LogP contribution in [0.4, 0.5) is 5.69 Å². The van der Waals surface area contributed by atoms with E-state index in [-0.39, 0.29) is 11.7 Å². The molecule has 0 bridgehead atoms. The first-order chi connectivity index (χ1) is 12.6. The number of nitrogens with zero attached hydrogens (tertiary/aromatic N) is 3. The lowest BCUT2D eigenvalue weighted by molar-refractivity contribution is -0.113. The van der Waals surface area contributed by atoms with Gasteiger partial charge in [-0.15, -0.1) is 10.2 Å². The number of carbonyl (C=O) groups excluding carboxylic acids is 1. The number of nitrogens with one attached hydrogen (secondary N) is 1. The minimum Gasteiger partial charge on any atom is -0.495 e. The number of hydrogen-bond donors (Lipinski definition) is 1.